The standard InChI is InChI=1S/C12H19N/c1-9(2)5-10-6-11-7-12(3,4)13(11)8-10/h6,8-9H,5,7H2,1-4H3. The van der Waals surface area contributed by atoms with Crippen molar-refractivity contribution in [1.29, 1.82) is 0 Å². The molecule has 2 rings (SSSR count). The molecule has 1 heteroatoms. The molecule has 72 valence electrons. The van der Waals surface area contributed by atoms with Gasteiger partial charge in [-0.25, -0.2) is 0 Å². The van der Waals surface area contributed by atoms with Gasteiger partial charge in [0.2, 0.25) is 0 Å². The van der Waals surface area contributed by atoms with Gasteiger partial charge in [0.25, 0.3) is 0 Å². The Bertz CT molecular complexity index is 318. The van der Waals surface area contributed by atoms with Crippen molar-refractivity contribution in [2.45, 2.75) is 46.1 Å². The first-order chi connectivity index (χ1) is 5.99. The highest BCUT2D eigenvalue weighted by Crippen LogP contribution is 2.34. The molecule has 1 aromatic rings. The van der Waals surface area contributed by atoms with Gasteiger partial charge in [0.15, 0.2) is 0 Å². The first kappa shape index (κ1) is 8.86. The van der Waals surface area contributed by atoms with E-state index in [1.807, 2.05) is 0 Å². The van der Waals surface area contributed by atoms with Gasteiger partial charge in [-0.15, -0.1) is 0 Å². The molecule has 0 spiro atoms. The van der Waals surface area contributed by atoms with Crippen molar-refractivity contribution in [1.82, 2.24) is 4.57 Å². The third kappa shape index (κ3) is 1.41. The number of fused-ring (bicyclic) bond motifs is 1. The summed E-state index contributed by atoms with van der Waals surface area (Å²) in [4.78, 5) is 0. The maximum absolute atomic E-state index is 2.42. The summed E-state index contributed by atoms with van der Waals surface area (Å²) in [5.74, 6) is 0.768. The predicted octanol–water partition coefficient (Wildman–Crippen LogP) is 2.98. The van der Waals surface area contributed by atoms with E-state index >= 15 is 0 Å². The zero-order valence-electron chi connectivity index (χ0n) is 9.09. The molecule has 1 aromatic heterocycles. The fraction of sp³-hybridized carbons (Fsp3) is 0.667. The number of rotatable bonds is 2. The molecular formula is C12H19N. The highest BCUT2D eigenvalue weighted by atomic mass is 15.1. The van der Waals surface area contributed by atoms with Crippen LogP contribution in [0.15, 0.2) is 12.3 Å². The van der Waals surface area contributed by atoms with Crippen LogP contribution in [0, 0.1) is 5.92 Å². The highest BCUT2D eigenvalue weighted by molar-refractivity contribution is 5.28. The van der Waals surface area contributed by atoms with Gasteiger partial charge in [-0.3, -0.25) is 0 Å². The Hall–Kier alpha value is -0.720. The summed E-state index contributed by atoms with van der Waals surface area (Å²) in [6.45, 7) is 9.17. The Balaban J connectivity index is 2.20. The number of hydrogen-bond donors (Lipinski definition) is 0. The van der Waals surface area contributed by atoms with E-state index in [0.717, 1.165) is 5.92 Å². The van der Waals surface area contributed by atoms with E-state index in [1.54, 1.807) is 0 Å². The van der Waals surface area contributed by atoms with E-state index in [-0.39, 0.29) is 0 Å². The van der Waals surface area contributed by atoms with Crippen LogP contribution in [-0.2, 0) is 18.4 Å². The SMILES string of the molecule is CC(C)Cc1cc2n(c1)C(C)(C)C2. The van der Waals surface area contributed by atoms with Crippen molar-refractivity contribution in [2.75, 3.05) is 0 Å². The molecule has 0 bridgehead atoms. The largest absolute Gasteiger partial charge is 0.345 e. The highest BCUT2D eigenvalue weighted by Gasteiger charge is 2.33. The van der Waals surface area contributed by atoms with E-state index < -0.39 is 0 Å². The van der Waals surface area contributed by atoms with Gasteiger partial charge in [-0.2, -0.15) is 0 Å². The Morgan fingerprint density at radius 2 is 2.15 bits per heavy atom. The van der Waals surface area contributed by atoms with E-state index in [2.05, 4.69) is 44.5 Å². The number of aromatic nitrogens is 1. The van der Waals surface area contributed by atoms with E-state index in [1.165, 1.54) is 24.1 Å². The minimum Gasteiger partial charge on any atom is -0.345 e. The van der Waals surface area contributed by atoms with Crippen molar-refractivity contribution in [3.8, 4) is 0 Å². The molecule has 1 aliphatic rings. The molecule has 0 unspecified atom stereocenters. The Morgan fingerprint density at radius 1 is 1.46 bits per heavy atom. The maximum Gasteiger partial charge on any atom is 0.0441 e. The molecule has 0 amide bonds. The van der Waals surface area contributed by atoms with Gasteiger partial charge in [0.1, 0.15) is 0 Å². The summed E-state index contributed by atoms with van der Waals surface area (Å²) in [5.41, 5.74) is 3.40. The van der Waals surface area contributed by atoms with Crippen LogP contribution in [0.25, 0.3) is 0 Å². The van der Waals surface area contributed by atoms with Crippen LogP contribution in [0.1, 0.15) is 39.0 Å². The lowest BCUT2D eigenvalue weighted by molar-refractivity contribution is 0.264. The zero-order valence-corrected chi connectivity index (χ0v) is 9.09. The molecular weight excluding hydrogens is 158 g/mol. The molecule has 0 saturated carbocycles. The van der Waals surface area contributed by atoms with Crippen LogP contribution in [0.3, 0.4) is 0 Å². The van der Waals surface area contributed by atoms with Gasteiger partial charge in [0.05, 0.1) is 0 Å². The normalized spacial score (nSPS) is 18.5. The van der Waals surface area contributed by atoms with Gasteiger partial charge in [0, 0.05) is 23.9 Å². The average Bonchev–Trinajstić information content (AvgIpc) is 2.27. The maximum atomic E-state index is 2.42. The lowest BCUT2D eigenvalue weighted by Gasteiger charge is -2.38. The molecule has 1 nitrogen and oxygen atoms in total. The Morgan fingerprint density at radius 3 is 2.62 bits per heavy atom. The van der Waals surface area contributed by atoms with E-state index in [9.17, 15) is 0 Å². The Labute approximate surface area is 80.8 Å². The van der Waals surface area contributed by atoms with Gasteiger partial charge in [-0.05, 0) is 37.8 Å². The summed E-state index contributed by atoms with van der Waals surface area (Å²) in [6, 6.07) is 2.37. The number of hydrogen-bond acceptors (Lipinski definition) is 0. The van der Waals surface area contributed by atoms with E-state index in [4.69, 9.17) is 0 Å². The molecule has 0 aromatic carbocycles. The molecule has 2 heterocycles. The second-order valence-corrected chi connectivity index (χ2v) is 5.30. The second kappa shape index (κ2) is 2.63. The minimum absolute atomic E-state index is 0.380. The van der Waals surface area contributed by atoms with Gasteiger partial charge < -0.3 is 4.57 Å². The molecule has 0 aliphatic carbocycles. The molecule has 0 radical (unpaired) electrons. The predicted molar refractivity (Wildman–Crippen MR) is 56.0 cm³/mol. The van der Waals surface area contributed by atoms with Crippen molar-refractivity contribution < 1.29 is 0 Å². The topological polar surface area (TPSA) is 4.93 Å². The van der Waals surface area contributed by atoms with Crippen LogP contribution in [0.4, 0.5) is 0 Å². The monoisotopic (exact) mass is 177 g/mol. The number of nitrogens with zero attached hydrogens (tertiary/aromatic N) is 1. The summed E-state index contributed by atoms with van der Waals surface area (Å²) < 4.78 is 2.42. The molecule has 1 aliphatic heterocycles. The molecule has 13 heavy (non-hydrogen) atoms. The quantitative estimate of drug-likeness (QED) is 0.654. The molecule has 0 fully saturated rings. The minimum atomic E-state index is 0.380. The third-order valence-corrected chi connectivity index (χ3v) is 2.87. The summed E-state index contributed by atoms with van der Waals surface area (Å²) in [7, 11) is 0. The van der Waals surface area contributed by atoms with Crippen molar-refractivity contribution in [3.05, 3.63) is 23.5 Å². The second-order valence-electron chi connectivity index (χ2n) is 5.30. The van der Waals surface area contributed by atoms with Crippen LogP contribution >= 0.6 is 0 Å². The molecule has 0 saturated heterocycles. The zero-order chi connectivity index (χ0) is 9.64. The smallest absolute Gasteiger partial charge is 0.0441 e. The van der Waals surface area contributed by atoms with Crippen LogP contribution < -0.4 is 0 Å². The van der Waals surface area contributed by atoms with E-state index in [0.29, 0.717) is 5.54 Å². The first-order valence-corrected chi connectivity index (χ1v) is 5.20. The fourth-order valence-corrected chi connectivity index (χ4v) is 2.29. The first-order valence-electron chi connectivity index (χ1n) is 5.20. The summed E-state index contributed by atoms with van der Waals surface area (Å²) >= 11 is 0. The lowest BCUT2D eigenvalue weighted by Crippen LogP contribution is -2.39. The van der Waals surface area contributed by atoms with Crippen molar-refractivity contribution >= 4 is 0 Å². The Kier molecular flexibility index (Phi) is 1.79. The lowest BCUT2D eigenvalue weighted by atomic mass is 9.90. The van der Waals surface area contributed by atoms with Crippen LogP contribution in [0.2, 0.25) is 0 Å². The van der Waals surface area contributed by atoms with Crippen LogP contribution in [0.5, 0.6) is 0 Å². The molecule has 0 atom stereocenters. The third-order valence-electron chi connectivity index (χ3n) is 2.87. The fourth-order valence-electron chi connectivity index (χ4n) is 2.29. The van der Waals surface area contributed by atoms with Gasteiger partial charge >= 0.3 is 0 Å². The van der Waals surface area contributed by atoms with Crippen molar-refractivity contribution in [3.63, 3.8) is 0 Å². The average molecular weight is 177 g/mol. The summed E-state index contributed by atoms with van der Waals surface area (Å²) in [5, 5.41) is 0. The molecule has 0 N–H and O–H groups in total. The summed E-state index contributed by atoms with van der Waals surface area (Å²) in [6.07, 6.45) is 4.79. The van der Waals surface area contributed by atoms with Crippen molar-refractivity contribution in [2.24, 2.45) is 5.92 Å². The van der Waals surface area contributed by atoms with Gasteiger partial charge in [-0.1, -0.05) is 13.8 Å². The van der Waals surface area contributed by atoms with Crippen LogP contribution in [-0.4, -0.2) is 4.57 Å².